The van der Waals surface area contributed by atoms with Crippen LogP contribution in [0.25, 0.3) is 28.1 Å². The minimum Gasteiger partial charge on any atom is -0.494 e. The third-order valence-electron chi connectivity index (χ3n) is 7.75. The van der Waals surface area contributed by atoms with Crippen LogP contribution in [0.1, 0.15) is 22.3 Å². The van der Waals surface area contributed by atoms with Gasteiger partial charge in [0.05, 0.1) is 35.8 Å². The second-order valence-corrected chi connectivity index (χ2v) is 12.5. The van der Waals surface area contributed by atoms with Crippen LogP contribution >= 0.6 is 24.0 Å². The summed E-state index contributed by atoms with van der Waals surface area (Å²) >= 11 is 6.85. The van der Waals surface area contributed by atoms with E-state index >= 15 is 0 Å². The Balaban J connectivity index is 1.15. The lowest BCUT2D eigenvalue weighted by Crippen LogP contribution is -2.38. The predicted molar refractivity (Wildman–Crippen MR) is 183 cm³/mol. The molecule has 0 bridgehead atoms. The monoisotopic (exact) mass is 655 g/mol. The Kier molecular flexibility index (Phi) is 10.2. The van der Waals surface area contributed by atoms with Crippen LogP contribution in [0.2, 0.25) is 0 Å². The number of thiocarbonyl (C=S) groups is 1. The summed E-state index contributed by atoms with van der Waals surface area (Å²) in [6.07, 6.45) is 4.23. The van der Waals surface area contributed by atoms with Crippen molar-refractivity contribution in [2.24, 2.45) is 0 Å². The first kappa shape index (κ1) is 31.7. The van der Waals surface area contributed by atoms with E-state index in [0.717, 1.165) is 66.2 Å². The summed E-state index contributed by atoms with van der Waals surface area (Å²) in [6.45, 7) is 5.45. The van der Waals surface area contributed by atoms with Crippen molar-refractivity contribution in [2.45, 2.75) is 6.42 Å². The average Bonchev–Trinajstić information content (AvgIpc) is 3.34. The zero-order chi connectivity index (χ0) is 31.9. The van der Waals surface area contributed by atoms with Crippen LogP contribution in [0.3, 0.4) is 0 Å². The van der Waals surface area contributed by atoms with Gasteiger partial charge < -0.3 is 19.3 Å². The molecule has 0 atom stereocenters. The summed E-state index contributed by atoms with van der Waals surface area (Å²) < 4.78 is 18.0. The summed E-state index contributed by atoms with van der Waals surface area (Å²) in [5.41, 5.74) is 3.93. The molecule has 236 valence electrons. The van der Waals surface area contributed by atoms with Gasteiger partial charge in [0, 0.05) is 43.3 Å². The topological polar surface area (TPSA) is 101 Å². The molecule has 9 nitrogen and oxygen atoms in total. The molecule has 0 unspecified atom stereocenters. The highest BCUT2D eigenvalue weighted by molar-refractivity contribution is 8.26. The van der Waals surface area contributed by atoms with Gasteiger partial charge >= 0.3 is 5.97 Å². The Morgan fingerprint density at radius 3 is 2.63 bits per heavy atom. The highest BCUT2D eigenvalue weighted by Crippen LogP contribution is 2.36. The number of carboxylic acid groups (broad SMARTS) is 1. The standard InChI is InChI=1S/C35H33N3O6S2/c39-33-32(46-35(45)38(33)13-2-17-43-28-8-5-25(6-9-28)34(40)41)22-24-4-11-31(44-20-16-37-14-18-42-19-15-37)29(21-24)26-7-10-30-27(23-26)3-1-12-36-30/h1,3-12,21-23H,2,13-20H2,(H,40,41)/b32-22-. The van der Waals surface area contributed by atoms with E-state index < -0.39 is 5.97 Å². The molecule has 0 radical (unpaired) electrons. The summed E-state index contributed by atoms with van der Waals surface area (Å²) in [5, 5.41) is 10.1. The van der Waals surface area contributed by atoms with Crippen molar-refractivity contribution >= 4 is 57.2 Å². The predicted octanol–water partition coefficient (Wildman–Crippen LogP) is 5.98. The Hall–Kier alpha value is -4.29. The molecule has 46 heavy (non-hydrogen) atoms. The average molecular weight is 656 g/mol. The lowest BCUT2D eigenvalue weighted by Gasteiger charge is -2.26. The van der Waals surface area contributed by atoms with Gasteiger partial charge in [-0.05, 0) is 78.2 Å². The van der Waals surface area contributed by atoms with Crippen LogP contribution < -0.4 is 9.47 Å². The minimum atomic E-state index is -0.986. The van der Waals surface area contributed by atoms with E-state index in [-0.39, 0.29) is 11.5 Å². The number of pyridine rings is 1. The fourth-order valence-electron chi connectivity index (χ4n) is 5.29. The van der Waals surface area contributed by atoms with Crippen molar-refractivity contribution in [3.8, 4) is 22.6 Å². The second kappa shape index (κ2) is 14.9. The Morgan fingerprint density at radius 1 is 1.00 bits per heavy atom. The van der Waals surface area contributed by atoms with Gasteiger partial charge in [-0.2, -0.15) is 0 Å². The van der Waals surface area contributed by atoms with Crippen LogP contribution in [0.15, 0.2) is 83.9 Å². The number of aromatic nitrogens is 1. The first-order valence-corrected chi connectivity index (χ1v) is 16.3. The zero-order valence-electron chi connectivity index (χ0n) is 25.1. The number of carbonyl (C=O) groups excluding carboxylic acids is 1. The maximum absolute atomic E-state index is 13.4. The molecule has 3 aromatic carbocycles. The van der Waals surface area contributed by atoms with Gasteiger partial charge in [-0.3, -0.25) is 19.6 Å². The first-order valence-electron chi connectivity index (χ1n) is 15.1. The molecule has 1 amide bonds. The first-order chi connectivity index (χ1) is 22.4. The number of fused-ring (bicyclic) bond motifs is 1. The summed E-state index contributed by atoms with van der Waals surface area (Å²) in [7, 11) is 0. The quantitative estimate of drug-likeness (QED) is 0.111. The van der Waals surface area contributed by atoms with Crippen molar-refractivity contribution in [3.63, 3.8) is 0 Å². The van der Waals surface area contributed by atoms with E-state index in [0.29, 0.717) is 41.2 Å². The van der Waals surface area contributed by atoms with Gasteiger partial charge in [-0.15, -0.1) is 0 Å². The number of carbonyl (C=O) groups is 2. The molecule has 1 N–H and O–H groups in total. The molecule has 0 saturated carbocycles. The SMILES string of the molecule is O=C(O)c1ccc(OCCCN2C(=O)/C(=C/c3ccc(OCCN4CCOCC4)c(-c4ccc5ncccc5c4)c3)SC2=S)cc1. The summed E-state index contributed by atoms with van der Waals surface area (Å²) in [4.78, 5) is 33.4. The number of morpholine rings is 1. The number of nitrogens with zero attached hydrogens (tertiary/aromatic N) is 3. The maximum Gasteiger partial charge on any atom is 0.335 e. The van der Waals surface area contributed by atoms with E-state index in [1.165, 1.54) is 23.9 Å². The zero-order valence-corrected chi connectivity index (χ0v) is 26.7. The van der Waals surface area contributed by atoms with Crippen molar-refractivity contribution < 1.29 is 28.9 Å². The molecule has 0 spiro atoms. The van der Waals surface area contributed by atoms with Crippen molar-refractivity contribution in [3.05, 3.63) is 95.0 Å². The second-order valence-electron chi connectivity index (χ2n) is 10.8. The van der Waals surface area contributed by atoms with Gasteiger partial charge in [0.1, 0.15) is 22.4 Å². The third kappa shape index (κ3) is 7.73. The molecule has 2 aliphatic rings. The van der Waals surface area contributed by atoms with Crippen molar-refractivity contribution in [2.75, 3.05) is 52.6 Å². The smallest absolute Gasteiger partial charge is 0.335 e. The van der Waals surface area contributed by atoms with Crippen LogP contribution in [-0.2, 0) is 9.53 Å². The number of aromatic carboxylic acids is 1. The molecule has 0 aliphatic carbocycles. The van der Waals surface area contributed by atoms with Gasteiger partial charge in [0.15, 0.2) is 0 Å². The number of hydrogen-bond donors (Lipinski definition) is 1. The number of ether oxygens (including phenoxy) is 3. The molecular formula is C35H33N3O6S2. The van der Waals surface area contributed by atoms with Gasteiger partial charge in [-0.1, -0.05) is 42.2 Å². The number of hydrogen-bond acceptors (Lipinski definition) is 9. The van der Waals surface area contributed by atoms with Crippen LogP contribution in [0.5, 0.6) is 11.5 Å². The molecule has 2 saturated heterocycles. The Labute approximate surface area is 276 Å². The third-order valence-corrected chi connectivity index (χ3v) is 9.13. The number of rotatable bonds is 12. The van der Waals surface area contributed by atoms with E-state index in [4.69, 9.17) is 31.5 Å². The molecule has 4 aromatic rings. The summed E-state index contributed by atoms with van der Waals surface area (Å²) in [5.74, 6) is 0.228. The number of carboxylic acids is 1. The lowest BCUT2D eigenvalue weighted by molar-refractivity contribution is -0.122. The maximum atomic E-state index is 13.4. The fourth-order valence-corrected chi connectivity index (χ4v) is 6.60. The number of benzene rings is 3. The highest BCUT2D eigenvalue weighted by Gasteiger charge is 2.31. The summed E-state index contributed by atoms with van der Waals surface area (Å²) in [6, 6.07) is 22.4. The lowest BCUT2D eigenvalue weighted by atomic mass is 9.99. The molecule has 3 heterocycles. The minimum absolute atomic E-state index is 0.134. The van der Waals surface area contributed by atoms with Crippen molar-refractivity contribution in [1.82, 2.24) is 14.8 Å². The number of amides is 1. The largest absolute Gasteiger partial charge is 0.494 e. The normalized spacial score (nSPS) is 16.3. The fraction of sp³-hybridized carbons (Fsp3) is 0.257. The van der Waals surface area contributed by atoms with E-state index in [9.17, 15) is 9.59 Å². The van der Waals surface area contributed by atoms with Crippen LogP contribution in [0, 0.1) is 0 Å². The molecule has 2 aliphatic heterocycles. The molecular weight excluding hydrogens is 623 g/mol. The van der Waals surface area contributed by atoms with Gasteiger partial charge in [0.2, 0.25) is 0 Å². The molecule has 11 heteroatoms. The Morgan fingerprint density at radius 2 is 1.83 bits per heavy atom. The van der Waals surface area contributed by atoms with E-state index in [2.05, 4.69) is 22.0 Å². The van der Waals surface area contributed by atoms with Crippen LogP contribution in [0.4, 0.5) is 0 Å². The molecule has 1 aromatic heterocycles. The van der Waals surface area contributed by atoms with Gasteiger partial charge in [0.25, 0.3) is 5.91 Å². The number of thioether (sulfide) groups is 1. The Bertz CT molecular complexity index is 1770. The van der Waals surface area contributed by atoms with Crippen molar-refractivity contribution in [1.29, 1.82) is 0 Å². The molecule has 2 fully saturated rings. The van der Waals surface area contributed by atoms with Crippen LogP contribution in [-0.4, -0.2) is 88.7 Å². The van der Waals surface area contributed by atoms with E-state index in [1.807, 2.05) is 42.5 Å². The van der Waals surface area contributed by atoms with E-state index in [1.54, 1.807) is 23.2 Å². The highest BCUT2D eigenvalue weighted by atomic mass is 32.2. The van der Waals surface area contributed by atoms with Gasteiger partial charge in [-0.25, -0.2) is 4.79 Å². The molecule has 6 rings (SSSR count).